The first kappa shape index (κ1) is 23.1. The molecule has 33 heavy (non-hydrogen) atoms. The predicted molar refractivity (Wildman–Crippen MR) is 129 cm³/mol. The van der Waals surface area contributed by atoms with E-state index in [0.717, 1.165) is 48.3 Å². The van der Waals surface area contributed by atoms with Crippen LogP contribution in [0.2, 0.25) is 0 Å². The summed E-state index contributed by atoms with van der Waals surface area (Å²) < 4.78 is 5.99. The lowest BCUT2D eigenvalue weighted by Crippen LogP contribution is -2.37. The molecule has 1 saturated heterocycles. The van der Waals surface area contributed by atoms with E-state index in [1.807, 2.05) is 51.2 Å². The number of carbonyl (C=O) groups excluding carboxylic acids is 1. The van der Waals surface area contributed by atoms with Crippen LogP contribution in [0, 0.1) is 5.92 Å². The minimum Gasteiger partial charge on any atom is -0.471 e. The molecule has 1 aliphatic heterocycles. The van der Waals surface area contributed by atoms with E-state index in [0.29, 0.717) is 24.6 Å². The molecule has 6 nitrogen and oxygen atoms in total. The SMILES string of the molecule is CC(C)(C)Oc1nccnc1CN1CCC(C(=O)Cc2ccccc2-c2cccnc2)CC1. The number of pyridine rings is 1. The van der Waals surface area contributed by atoms with Crippen molar-refractivity contribution < 1.29 is 9.53 Å². The number of ether oxygens (including phenoxy) is 1. The zero-order chi connectivity index (χ0) is 23.3. The second-order valence-corrected chi connectivity index (χ2v) is 9.61. The minimum absolute atomic E-state index is 0.0929. The van der Waals surface area contributed by atoms with Crippen molar-refractivity contribution in [3.05, 3.63) is 72.4 Å². The van der Waals surface area contributed by atoms with Crippen molar-refractivity contribution in [1.29, 1.82) is 0 Å². The van der Waals surface area contributed by atoms with Crippen molar-refractivity contribution in [1.82, 2.24) is 19.9 Å². The maximum Gasteiger partial charge on any atom is 0.237 e. The molecule has 1 aromatic carbocycles. The molecule has 0 bridgehead atoms. The van der Waals surface area contributed by atoms with Crippen LogP contribution < -0.4 is 4.74 Å². The average Bonchev–Trinajstić information content (AvgIpc) is 2.81. The average molecular weight is 445 g/mol. The number of piperidine rings is 1. The molecule has 6 heteroatoms. The van der Waals surface area contributed by atoms with Gasteiger partial charge in [-0.15, -0.1) is 0 Å². The zero-order valence-corrected chi connectivity index (χ0v) is 19.7. The van der Waals surface area contributed by atoms with Crippen LogP contribution in [0.3, 0.4) is 0 Å². The number of nitrogens with zero attached hydrogens (tertiary/aromatic N) is 4. The Bertz CT molecular complexity index is 1070. The highest BCUT2D eigenvalue weighted by Gasteiger charge is 2.27. The van der Waals surface area contributed by atoms with Crippen molar-refractivity contribution in [2.24, 2.45) is 5.92 Å². The lowest BCUT2D eigenvalue weighted by molar-refractivity contribution is -0.123. The van der Waals surface area contributed by atoms with E-state index >= 15 is 0 Å². The summed E-state index contributed by atoms with van der Waals surface area (Å²) in [7, 11) is 0. The number of likely N-dealkylation sites (tertiary alicyclic amines) is 1. The molecule has 1 fully saturated rings. The normalized spacial score (nSPS) is 15.4. The third-order valence-corrected chi connectivity index (χ3v) is 5.91. The van der Waals surface area contributed by atoms with Gasteiger partial charge in [0.05, 0.1) is 0 Å². The van der Waals surface area contributed by atoms with Crippen LogP contribution in [-0.4, -0.2) is 44.3 Å². The van der Waals surface area contributed by atoms with Gasteiger partial charge in [0.15, 0.2) is 0 Å². The molecule has 0 amide bonds. The second-order valence-electron chi connectivity index (χ2n) is 9.61. The first-order valence-corrected chi connectivity index (χ1v) is 11.6. The first-order valence-electron chi connectivity index (χ1n) is 11.6. The summed E-state index contributed by atoms with van der Waals surface area (Å²) in [6.07, 6.45) is 9.19. The lowest BCUT2D eigenvalue weighted by atomic mass is 9.87. The summed E-state index contributed by atoms with van der Waals surface area (Å²) in [5.41, 5.74) is 3.73. The molecule has 4 rings (SSSR count). The summed E-state index contributed by atoms with van der Waals surface area (Å²) in [6, 6.07) is 12.1. The third-order valence-electron chi connectivity index (χ3n) is 5.91. The molecule has 3 heterocycles. The first-order chi connectivity index (χ1) is 15.9. The highest BCUT2D eigenvalue weighted by molar-refractivity contribution is 5.85. The fraction of sp³-hybridized carbons (Fsp3) is 0.407. The van der Waals surface area contributed by atoms with Gasteiger partial charge < -0.3 is 4.74 Å². The maximum atomic E-state index is 13.2. The third kappa shape index (κ3) is 6.23. The fourth-order valence-electron chi connectivity index (χ4n) is 4.27. The summed E-state index contributed by atoms with van der Waals surface area (Å²) in [5.74, 6) is 1.01. The standard InChI is InChI=1S/C27H32N4O2/c1-27(2,3)33-26-24(29-13-14-30-26)19-31-15-10-20(11-16-31)25(32)17-21-7-4-5-9-23(21)22-8-6-12-28-18-22/h4-9,12-14,18,20H,10-11,15-17,19H2,1-3H3. The number of aromatic nitrogens is 3. The quantitative estimate of drug-likeness (QED) is 0.524. The molecule has 2 aromatic heterocycles. The molecule has 172 valence electrons. The predicted octanol–water partition coefficient (Wildman–Crippen LogP) is 4.74. The fourth-order valence-corrected chi connectivity index (χ4v) is 4.27. The van der Waals surface area contributed by atoms with Gasteiger partial charge >= 0.3 is 0 Å². The van der Waals surface area contributed by atoms with Crippen molar-refractivity contribution in [2.75, 3.05) is 13.1 Å². The number of ketones is 1. The van der Waals surface area contributed by atoms with E-state index in [9.17, 15) is 4.79 Å². The molecule has 3 aromatic rings. The zero-order valence-electron chi connectivity index (χ0n) is 19.7. The Morgan fingerprint density at radius 1 is 1.03 bits per heavy atom. The van der Waals surface area contributed by atoms with Crippen LogP contribution in [0.4, 0.5) is 0 Å². The Hall–Kier alpha value is -3.12. The van der Waals surface area contributed by atoms with Gasteiger partial charge in [-0.2, -0.15) is 0 Å². The van der Waals surface area contributed by atoms with Gasteiger partial charge in [0.25, 0.3) is 0 Å². The van der Waals surface area contributed by atoms with Crippen LogP contribution in [0.25, 0.3) is 11.1 Å². The largest absolute Gasteiger partial charge is 0.471 e. The van der Waals surface area contributed by atoms with Gasteiger partial charge in [0, 0.05) is 49.2 Å². The molecule has 1 aliphatic rings. The van der Waals surface area contributed by atoms with E-state index in [4.69, 9.17) is 4.74 Å². The van der Waals surface area contributed by atoms with Crippen LogP contribution >= 0.6 is 0 Å². The van der Waals surface area contributed by atoms with Crippen LogP contribution in [0.1, 0.15) is 44.9 Å². The minimum atomic E-state index is -0.323. The van der Waals surface area contributed by atoms with E-state index in [2.05, 4.69) is 32.0 Å². The van der Waals surface area contributed by atoms with Crippen molar-refractivity contribution in [3.8, 4) is 17.0 Å². The van der Waals surface area contributed by atoms with Crippen molar-refractivity contribution in [3.63, 3.8) is 0 Å². The molecule has 0 aliphatic carbocycles. The molecular formula is C27H32N4O2. The number of hydrogen-bond donors (Lipinski definition) is 0. The lowest BCUT2D eigenvalue weighted by Gasteiger charge is -2.31. The Kier molecular flexibility index (Phi) is 7.14. The Morgan fingerprint density at radius 2 is 1.79 bits per heavy atom. The van der Waals surface area contributed by atoms with Crippen LogP contribution in [0.5, 0.6) is 5.88 Å². The smallest absolute Gasteiger partial charge is 0.237 e. The number of hydrogen-bond acceptors (Lipinski definition) is 6. The molecule has 0 N–H and O–H groups in total. The highest BCUT2D eigenvalue weighted by atomic mass is 16.5. The Balaban J connectivity index is 1.36. The van der Waals surface area contributed by atoms with Crippen molar-refractivity contribution >= 4 is 5.78 Å². The van der Waals surface area contributed by atoms with Gasteiger partial charge in [0.2, 0.25) is 5.88 Å². The summed E-state index contributed by atoms with van der Waals surface area (Å²) >= 11 is 0. The number of rotatable bonds is 7. The molecular weight excluding hydrogens is 412 g/mol. The van der Waals surface area contributed by atoms with E-state index in [1.54, 1.807) is 18.6 Å². The monoisotopic (exact) mass is 444 g/mol. The van der Waals surface area contributed by atoms with Gasteiger partial charge in [0.1, 0.15) is 17.1 Å². The van der Waals surface area contributed by atoms with Gasteiger partial charge in [-0.1, -0.05) is 30.3 Å². The number of carbonyl (C=O) groups is 1. The van der Waals surface area contributed by atoms with E-state index in [-0.39, 0.29) is 11.5 Å². The Labute approximate surface area is 196 Å². The molecule has 0 spiro atoms. The summed E-state index contributed by atoms with van der Waals surface area (Å²) in [5, 5.41) is 0. The molecule has 0 unspecified atom stereocenters. The summed E-state index contributed by atoms with van der Waals surface area (Å²) in [6.45, 7) is 8.45. The van der Waals surface area contributed by atoms with Crippen LogP contribution in [-0.2, 0) is 17.8 Å². The van der Waals surface area contributed by atoms with Gasteiger partial charge in [-0.3, -0.25) is 19.7 Å². The molecule has 0 radical (unpaired) electrons. The van der Waals surface area contributed by atoms with Gasteiger partial charge in [-0.05, 0) is 63.9 Å². The van der Waals surface area contributed by atoms with Crippen LogP contribution in [0.15, 0.2) is 61.2 Å². The Morgan fingerprint density at radius 3 is 2.52 bits per heavy atom. The van der Waals surface area contributed by atoms with E-state index < -0.39 is 0 Å². The molecule has 0 saturated carbocycles. The number of benzene rings is 1. The van der Waals surface area contributed by atoms with E-state index in [1.165, 1.54) is 0 Å². The molecule has 0 atom stereocenters. The second kappa shape index (κ2) is 10.2. The van der Waals surface area contributed by atoms with Crippen molar-refractivity contribution in [2.45, 2.75) is 52.2 Å². The number of Topliss-reactive ketones (excluding diaryl/α,β-unsaturated/α-hetero) is 1. The highest BCUT2D eigenvalue weighted by Crippen LogP contribution is 2.27. The maximum absolute atomic E-state index is 13.2. The summed E-state index contributed by atoms with van der Waals surface area (Å²) in [4.78, 5) is 28.6. The van der Waals surface area contributed by atoms with Gasteiger partial charge in [-0.25, -0.2) is 4.98 Å². The topological polar surface area (TPSA) is 68.2 Å².